The van der Waals surface area contributed by atoms with E-state index in [0.29, 0.717) is 12.2 Å². The van der Waals surface area contributed by atoms with Gasteiger partial charge >= 0.3 is 0 Å². The molecule has 100 valence electrons. The zero-order valence-corrected chi connectivity index (χ0v) is 11.4. The lowest BCUT2D eigenvalue weighted by Crippen LogP contribution is -2.35. The molecule has 0 atom stereocenters. The van der Waals surface area contributed by atoms with E-state index in [-0.39, 0.29) is 5.91 Å². The highest BCUT2D eigenvalue weighted by molar-refractivity contribution is 5.93. The largest absolute Gasteiger partial charge is 0.388 e. The van der Waals surface area contributed by atoms with Crippen molar-refractivity contribution in [1.29, 1.82) is 0 Å². The van der Waals surface area contributed by atoms with Crippen LogP contribution >= 0.6 is 0 Å². The molecular formula is C13H22N4O. The van der Waals surface area contributed by atoms with Gasteiger partial charge in [0.05, 0.1) is 0 Å². The molecule has 5 heteroatoms. The molecule has 1 aromatic rings. The molecule has 18 heavy (non-hydrogen) atoms. The number of aromatic nitrogens is 1. The van der Waals surface area contributed by atoms with E-state index in [4.69, 9.17) is 0 Å². The van der Waals surface area contributed by atoms with Crippen LogP contribution in [0.5, 0.6) is 0 Å². The lowest BCUT2D eigenvalue weighted by Gasteiger charge is -2.17. The molecule has 0 bridgehead atoms. The van der Waals surface area contributed by atoms with Crippen LogP contribution in [0.15, 0.2) is 18.3 Å². The van der Waals surface area contributed by atoms with Gasteiger partial charge in [0.15, 0.2) is 0 Å². The van der Waals surface area contributed by atoms with Crippen molar-refractivity contribution in [3.8, 4) is 0 Å². The van der Waals surface area contributed by atoms with Gasteiger partial charge in [-0.1, -0.05) is 13.8 Å². The summed E-state index contributed by atoms with van der Waals surface area (Å²) in [5, 5.41) is 5.87. The molecule has 1 rings (SSSR count). The number of hydrogen-bond donors (Lipinski definition) is 2. The minimum atomic E-state index is -0.126. The van der Waals surface area contributed by atoms with Crippen molar-refractivity contribution in [2.45, 2.75) is 13.8 Å². The smallest absolute Gasteiger partial charge is 0.269 e. The summed E-state index contributed by atoms with van der Waals surface area (Å²) in [5.74, 6) is -0.126. The monoisotopic (exact) mass is 250 g/mol. The fraction of sp³-hybridized carbons (Fsp3) is 0.538. The Balaban J connectivity index is 2.45. The van der Waals surface area contributed by atoms with Crippen LogP contribution in [0.25, 0.3) is 0 Å². The minimum absolute atomic E-state index is 0.126. The van der Waals surface area contributed by atoms with Gasteiger partial charge in [-0.25, -0.2) is 0 Å². The van der Waals surface area contributed by atoms with Gasteiger partial charge in [0, 0.05) is 32.0 Å². The maximum Gasteiger partial charge on any atom is 0.269 e. The standard InChI is InChI=1S/C13H22N4O/c1-4-17(5-2)9-8-16-13(18)12-10-11(14-3)6-7-15-12/h6-7,10H,4-5,8-9H2,1-3H3,(H,14,15)(H,16,18). The maximum absolute atomic E-state index is 11.9. The first-order chi connectivity index (χ1) is 8.71. The van der Waals surface area contributed by atoms with E-state index in [1.807, 2.05) is 13.1 Å². The number of carbonyl (C=O) groups is 1. The average Bonchev–Trinajstić information content (AvgIpc) is 2.43. The third-order valence-corrected chi connectivity index (χ3v) is 2.89. The van der Waals surface area contributed by atoms with Crippen LogP contribution < -0.4 is 10.6 Å². The number of anilines is 1. The highest BCUT2D eigenvalue weighted by Gasteiger charge is 2.07. The molecule has 2 N–H and O–H groups in total. The van der Waals surface area contributed by atoms with E-state index < -0.39 is 0 Å². The summed E-state index contributed by atoms with van der Waals surface area (Å²) in [6.45, 7) is 7.74. The van der Waals surface area contributed by atoms with Gasteiger partial charge in [-0.3, -0.25) is 9.78 Å². The van der Waals surface area contributed by atoms with E-state index in [2.05, 4.69) is 34.4 Å². The molecule has 1 amide bonds. The van der Waals surface area contributed by atoms with Crippen LogP contribution in [0.4, 0.5) is 5.69 Å². The van der Waals surface area contributed by atoms with Crippen LogP contribution in [-0.2, 0) is 0 Å². The highest BCUT2D eigenvalue weighted by atomic mass is 16.1. The van der Waals surface area contributed by atoms with Crippen LogP contribution in [0.2, 0.25) is 0 Å². The Hall–Kier alpha value is -1.62. The number of carbonyl (C=O) groups excluding carboxylic acids is 1. The predicted octanol–water partition coefficient (Wildman–Crippen LogP) is 1.19. The molecule has 0 radical (unpaired) electrons. The Kier molecular flexibility index (Phi) is 6.14. The van der Waals surface area contributed by atoms with Gasteiger partial charge in [0.2, 0.25) is 0 Å². The summed E-state index contributed by atoms with van der Waals surface area (Å²) in [6, 6.07) is 3.57. The molecule has 0 spiro atoms. The molecule has 0 aliphatic heterocycles. The van der Waals surface area contributed by atoms with Gasteiger partial charge in [-0.05, 0) is 25.2 Å². The predicted molar refractivity (Wildman–Crippen MR) is 73.9 cm³/mol. The third-order valence-electron chi connectivity index (χ3n) is 2.89. The number of hydrogen-bond acceptors (Lipinski definition) is 4. The number of likely N-dealkylation sites (N-methyl/N-ethyl adjacent to an activating group) is 1. The molecular weight excluding hydrogens is 228 g/mol. The number of nitrogens with zero attached hydrogens (tertiary/aromatic N) is 2. The second kappa shape index (κ2) is 7.66. The van der Waals surface area contributed by atoms with Crippen molar-refractivity contribution >= 4 is 11.6 Å². The summed E-state index contributed by atoms with van der Waals surface area (Å²) in [7, 11) is 1.82. The molecule has 1 aromatic heterocycles. The van der Waals surface area contributed by atoms with Crippen molar-refractivity contribution in [1.82, 2.24) is 15.2 Å². The molecule has 0 aliphatic rings. The van der Waals surface area contributed by atoms with Gasteiger partial charge in [0.25, 0.3) is 5.91 Å². The van der Waals surface area contributed by atoms with E-state index >= 15 is 0 Å². The van der Waals surface area contributed by atoms with Crippen molar-refractivity contribution in [2.24, 2.45) is 0 Å². The molecule has 0 fully saturated rings. The fourth-order valence-electron chi connectivity index (χ4n) is 1.67. The molecule has 5 nitrogen and oxygen atoms in total. The van der Waals surface area contributed by atoms with Gasteiger partial charge < -0.3 is 15.5 Å². The van der Waals surface area contributed by atoms with Crippen molar-refractivity contribution in [3.63, 3.8) is 0 Å². The normalized spacial score (nSPS) is 10.4. The van der Waals surface area contributed by atoms with E-state index in [1.165, 1.54) is 0 Å². The number of pyridine rings is 1. The average molecular weight is 250 g/mol. The summed E-state index contributed by atoms with van der Waals surface area (Å²) in [4.78, 5) is 18.2. The van der Waals surface area contributed by atoms with Crippen molar-refractivity contribution in [3.05, 3.63) is 24.0 Å². The Morgan fingerprint density at radius 1 is 1.39 bits per heavy atom. The number of rotatable bonds is 7. The fourth-order valence-corrected chi connectivity index (χ4v) is 1.67. The first kappa shape index (κ1) is 14.4. The quantitative estimate of drug-likeness (QED) is 0.763. The molecule has 0 saturated carbocycles. The Labute approximate surface area is 109 Å². The maximum atomic E-state index is 11.9. The molecule has 0 unspecified atom stereocenters. The highest BCUT2D eigenvalue weighted by Crippen LogP contribution is 2.06. The lowest BCUT2D eigenvalue weighted by molar-refractivity contribution is 0.0944. The Morgan fingerprint density at radius 2 is 2.11 bits per heavy atom. The van der Waals surface area contributed by atoms with Crippen molar-refractivity contribution < 1.29 is 4.79 Å². The number of amides is 1. The lowest BCUT2D eigenvalue weighted by atomic mass is 10.3. The second-order valence-electron chi connectivity index (χ2n) is 3.96. The summed E-state index contributed by atoms with van der Waals surface area (Å²) in [6.07, 6.45) is 1.63. The zero-order valence-electron chi connectivity index (χ0n) is 11.4. The van der Waals surface area contributed by atoms with E-state index in [9.17, 15) is 4.79 Å². The van der Waals surface area contributed by atoms with E-state index in [1.54, 1.807) is 12.3 Å². The Bertz CT molecular complexity index is 377. The van der Waals surface area contributed by atoms with Gasteiger partial charge in [0.1, 0.15) is 5.69 Å². The summed E-state index contributed by atoms with van der Waals surface area (Å²) < 4.78 is 0. The molecule has 0 saturated heterocycles. The molecule has 0 aromatic carbocycles. The van der Waals surface area contributed by atoms with E-state index in [0.717, 1.165) is 25.3 Å². The second-order valence-corrected chi connectivity index (χ2v) is 3.96. The molecule has 1 heterocycles. The third kappa shape index (κ3) is 4.33. The first-order valence-corrected chi connectivity index (χ1v) is 6.35. The Morgan fingerprint density at radius 3 is 2.72 bits per heavy atom. The topological polar surface area (TPSA) is 57.3 Å². The van der Waals surface area contributed by atoms with Gasteiger partial charge in [-0.2, -0.15) is 0 Å². The zero-order chi connectivity index (χ0) is 13.4. The van der Waals surface area contributed by atoms with Crippen LogP contribution in [0.1, 0.15) is 24.3 Å². The van der Waals surface area contributed by atoms with Gasteiger partial charge in [-0.15, -0.1) is 0 Å². The summed E-state index contributed by atoms with van der Waals surface area (Å²) >= 11 is 0. The SMILES string of the molecule is CCN(CC)CCNC(=O)c1cc(NC)ccn1. The van der Waals surface area contributed by atoms with Crippen LogP contribution in [0.3, 0.4) is 0 Å². The van der Waals surface area contributed by atoms with Crippen molar-refractivity contribution in [2.75, 3.05) is 38.5 Å². The van der Waals surface area contributed by atoms with Crippen LogP contribution in [-0.4, -0.2) is 49.0 Å². The first-order valence-electron chi connectivity index (χ1n) is 6.35. The number of nitrogens with one attached hydrogen (secondary N) is 2. The van der Waals surface area contributed by atoms with Crippen LogP contribution in [0, 0.1) is 0 Å². The molecule has 0 aliphatic carbocycles. The minimum Gasteiger partial charge on any atom is -0.388 e. The summed E-state index contributed by atoms with van der Waals surface area (Å²) in [5.41, 5.74) is 1.33.